The van der Waals surface area contributed by atoms with E-state index in [9.17, 15) is 0 Å². The van der Waals surface area contributed by atoms with Crippen LogP contribution in [-0.4, -0.2) is 10.2 Å². The van der Waals surface area contributed by atoms with E-state index >= 15 is 0 Å². The molecule has 0 aromatic carbocycles. The highest BCUT2D eigenvalue weighted by Gasteiger charge is 1.95. The molecule has 0 saturated carbocycles. The van der Waals surface area contributed by atoms with E-state index in [1.54, 1.807) is 18.3 Å². The molecular formula is C6H8N4S. The summed E-state index contributed by atoms with van der Waals surface area (Å²) in [4.78, 5) is 4.66. The van der Waals surface area contributed by atoms with Crippen LogP contribution < -0.4 is 11.5 Å². The van der Waals surface area contributed by atoms with Crippen molar-refractivity contribution in [2.45, 2.75) is 4.90 Å². The molecule has 0 aliphatic heterocycles. The molecule has 0 spiro atoms. The zero-order valence-corrected chi connectivity index (χ0v) is 6.56. The van der Waals surface area contributed by atoms with Gasteiger partial charge in [0.05, 0.1) is 0 Å². The minimum Gasteiger partial charge on any atom is -0.384 e. The first kappa shape index (κ1) is 7.87. The van der Waals surface area contributed by atoms with Crippen molar-refractivity contribution in [2.75, 3.05) is 5.73 Å². The van der Waals surface area contributed by atoms with Crippen molar-refractivity contribution in [2.24, 2.45) is 5.73 Å². The largest absolute Gasteiger partial charge is 0.384 e. The second-order valence-corrected chi connectivity index (χ2v) is 3.00. The number of hydrogen-bond donors (Lipinski definition) is 3. The van der Waals surface area contributed by atoms with Crippen LogP contribution in [0.4, 0.5) is 5.82 Å². The average Bonchev–Trinajstić information content (AvgIpc) is 1.93. The SMILES string of the molecule is N=C(N)Sc1ccc(N)nc1. The fourth-order valence-corrected chi connectivity index (χ4v) is 1.07. The van der Waals surface area contributed by atoms with Gasteiger partial charge in [-0.15, -0.1) is 0 Å². The summed E-state index contributed by atoms with van der Waals surface area (Å²) in [5.41, 5.74) is 10.5. The Bertz CT molecular complexity index is 256. The van der Waals surface area contributed by atoms with Gasteiger partial charge in [-0.3, -0.25) is 5.41 Å². The van der Waals surface area contributed by atoms with Gasteiger partial charge in [0.1, 0.15) is 5.82 Å². The molecule has 0 aliphatic carbocycles. The Balaban J connectivity index is 2.74. The van der Waals surface area contributed by atoms with Gasteiger partial charge in [0.15, 0.2) is 5.17 Å². The molecule has 0 fully saturated rings. The zero-order valence-electron chi connectivity index (χ0n) is 5.74. The first-order valence-corrected chi connectivity index (χ1v) is 3.73. The minimum atomic E-state index is 0.0524. The van der Waals surface area contributed by atoms with Crippen LogP contribution in [0, 0.1) is 5.41 Å². The molecule has 11 heavy (non-hydrogen) atoms. The summed E-state index contributed by atoms with van der Waals surface area (Å²) in [7, 11) is 0. The molecule has 1 aromatic rings. The van der Waals surface area contributed by atoms with Gasteiger partial charge in [-0.05, 0) is 12.1 Å². The van der Waals surface area contributed by atoms with Crippen molar-refractivity contribution in [3.63, 3.8) is 0 Å². The maximum atomic E-state index is 6.97. The Morgan fingerprint density at radius 1 is 1.55 bits per heavy atom. The molecule has 0 unspecified atom stereocenters. The Morgan fingerprint density at radius 2 is 2.27 bits per heavy atom. The molecule has 0 bridgehead atoms. The Hall–Kier alpha value is -1.23. The Morgan fingerprint density at radius 3 is 2.73 bits per heavy atom. The van der Waals surface area contributed by atoms with E-state index in [-0.39, 0.29) is 5.17 Å². The number of amidine groups is 1. The minimum absolute atomic E-state index is 0.0524. The highest BCUT2D eigenvalue weighted by Crippen LogP contribution is 2.15. The van der Waals surface area contributed by atoms with Gasteiger partial charge in [-0.2, -0.15) is 0 Å². The zero-order chi connectivity index (χ0) is 8.27. The van der Waals surface area contributed by atoms with Crippen molar-refractivity contribution in [3.8, 4) is 0 Å². The summed E-state index contributed by atoms with van der Waals surface area (Å²) in [5, 5.41) is 7.02. The smallest absolute Gasteiger partial charge is 0.156 e. The number of rotatable bonds is 1. The van der Waals surface area contributed by atoms with Crippen LogP contribution in [-0.2, 0) is 0 Å². The van der Waals surface area contributed by atoms with Crippen molar-refractivity contribution in [3.05, 3.63) is 18.3 Å². The third-order valence-electron chi connectivity index (χ3n) is 0.987. The average molecular weight is 168 g/mol. The van der Waals surface area contributed by atoms with E-state index in [1.165, 1.54) is 0 Å². The lowest BCUT2D eigenvalue weighted by Crippen LogP contribution is -2.03. The topological polar surface area (TPSA) is 88.8 Å². The highest BCUT2D eigenvalue weighted by molar-refractivity contribution is 8.13. The van der Waals surface area contributed by atoms with Crippen LogP contribution in [0.2, 0.25) is 0 Å². The van der Waals surface area contributed by atoms with Crippen LogP contribution >= 0.6 is 11.8 Å². The summed E-state index contributed by atoms with van der Waals surface area (Å²) >= 11 is 1.15. The first-order chi connectivity index (χ1) is 5.18. The molecule has 5 heteroatoms. The number of nitrogens with zero attached hydrogens (tertiary/aromatic N) is 1. The third-order valence-corrected chi connectivity index (χ3v) is 1.68. The van der Waals surface area contributed by atoms with E-state index < -0.39 is 0 Å². The number of hydrogen-bond acceptors (Lipinski definition) is 4. The lowest BCUT2D eigenvalue weighted by Gasteiger charge is -1.97. The Labute approximate surface area is 68.5 Å². The molecule has 0 atom stereocenters. The van der Waals surface area contributed by atoms with Gasteiger partial charge in [-0.1, -0.05) is 11.8 Å². The maximum Gasteiger partial charge on any atom is 0.156 e. The summed E-state index contributed by atoms with van der Waals surface area (Å²) in [6.07, 6.45) is 1.58. The summed E-state index contributed by atoms with van der Waals surface area (Å²) in [5.74, 6) is 0.470. The van der Waals surface area contributed by atoms with Gasteiger partial charge >= 0.3 is 0 Å². The molecule has 0 saturated heterocycles. The number of pyridine rings is 1. The van der Waals surface area contributed by atoms with Gasteiger partial charge < -0.3 is 11.5 Å². The number of nitrogen functional groups attached to an aromatic ring is 1. The molecule has 1 rings (SSSR count). The normalized spacial score (nSPS) is 9.45. The van der Waals surface area contributed by atoms with Crippen molar-refractivity contribution in [1.82, 2.24) is 4.98 Å². The van der Waals surface area contributed by atoms with Crippen molar-refractivity contribution >= 4 is 22.7 Å². The van der Waals surface area contributed by atoms with Crippen LogP contribution in [0.25, 0.3) is 0 Å². The molecule has 0 aliphatic rings. The van der Waals surface area contributed by atoms with Crippen LogP contribution in [0.1, 0.15) is 0 Å². The van der Waals surface area contributed by atoms with Gasteiger partial charge in [0.25, 0.3) is 0 Å². The lowest BCUT2D eigenvalue weighted by atomic mass is 10.5. The quantitative estimate of drug-likeness (QED) is 0.326. The van der Waals surface area contributed by atoms with E-state index in [1.807, 2.05) is 0 Å². The van der Waals surface area contributed by atoms with E-state index in [0.29, 0.717) is 5.82 Å². The molecule has 5 N–H and O–H groups in total. The van der Waals surface area contributed by atoms with Crippen LogP contribution in [0.15, 0.2) is 23.2 Å². The fraction of sp³-hybridized carbons (Fsp3) is 0. The molecule has 0 amide bonds. The Kier molecular flexibility index (Phi) is 2.32. The monoisotopic (exact) mass is 168 g/mol. The fourth-order valence-electron chi connectivity index (χ4n) is 0.579. The number of thioether (sulfide) groups is 1. The number of nitrogens with two attached hydrogens (primary N) is 2. The molecule has 4 nitrogen and oxygen atoms in total. The van der Waals surface area contributed by atoms with Crippen molar-refractivity contribution < 1.29 is 0 Å². The van der Waals surface area contributed by atoms with Crippen LogP contribution in [0.5, 0.6) is 0 Å². The molecule has 1 heterocycles. The molecular weight excluding hydrogens is 160 g/mol. The summed E-state index contributed by atoms with van der Waals surface area (Å²) in [6.45, 7) is 0. The highest BCUT2D eigenvalue weighted by atomic mass is 32.2. The first-order valence-electron chi connectivity index (χ1n) is 2.92. The second kappa shape index (κ2) is 3.25. The molecule has 0 radical (unpaired) electrons. The second-order valence-electron chi connectivity index (χ2n) is 1.89. The third kappa shape index (κ3) is 2.46. The summed E-state index contributed by atoms with van der Waals surface area (Å²) < 4.78 is 0. The van der Waals surface area contributed by atoms with Gasteiger partial charge in [-0.25, -0.2) is 4.98 Å². The van der Waals surface area contributed by atoms with Gasteiger partial charge in [0, 0.05) is 11.1 Å². The number of aromatic nitrogens is 1. The number of anilines is 1. The molecule has 1 aromatic heterocycles. The van der Waals surface area contributed by atoms with Crippen molar-refractivity contribution in [1.29, 1.82) is 5.41 Å². The predicted octanol–water partition coefficient (Wildman–Crippen LogP) is 0.649. The van der Waals surface area contributed by atoms with E-state index in [0.717, 1.165) is 16.7 Å². The standard InChI is InChI=1S/C6H8N4S/c7-5-2-1-4(3-10-5)11-6(8)9/h1-3H,(H2,7,10)(H3,8,9). The summed E-state index contributed by atoms with van der Waals surface area (Å²) in [6, 6.07) is 3.44. The van der Waals surface area contributed by atoms with Crippen LogP contribution in [0.3, 0.4) is 0 Å². The number of nitrogens with one attached hydrogen (secondary N) is 1. The van der Waals surface area contributed by atoms with Gasteiger partial charge in [0.2, 0.25) is 0 Å². The van der Waals surface area contributed by atoms with E-state index in [4.69, 9.17) is 16.9 Å². The molecule has 58 valence electrons. The predicted molar refractivity (Wildman–Crippen MR) is 46.4 cm³/mol. The maximum absolute atomic E-state index is 6.97. The van der Waals surface area contributed by atoms with E-state index in [2.05, 4.69) is 4.98 Å². The lowest BCUT2D eigenvalue weighted by molar-refractivity contribution is 1.25.